The lowest BCUT2D eigenvalue weighted by atomic mass is 9.97. The van der Waals surface area contributed by atoms with Crippen LogP contribution < -0.4 is 5.32 Å². The molecular formula is C13H16FNO4. The topological polar surface area (TPSA) is 86.6 Å². The average Bonchev–Trinajstić information content (AvgIpc) is 2.37. The van der Waals surface area contributed by atoms with Crippen molar-refractivity contribution < 1.29 is 24.2 Å². The van der Waals surface area contributed by atoms with E-state index in [9.17, 15) is 24.2 Å². The Morgan fingerprint density at radius 2 is 2.16 bits per heavy atom. The van der Waals surface area contributed by atoms with Gasteiger partial charge in [0.05, 0.1) is 6.10 Å². The number of carbonyl (C=O) groups is 2. The lowest BCUT2D eigenvalue weighted by Crippen LogP contribution is -2.28. The van der Waals surface area contributed by atoms with Gasteiger partial charge in [0, 0.05) is 19.0 Å². The zero-order valence-electron chi connectivity index (χ0n) is 10.5. The molecule has 6 heteroatoms. The number of amides is 1. The Balaban J connectivity index is 2.75. The van der Waals surface area contributed by atoms with Crippen molar-refractivity contribution in [2.45, 2.75) is 25.6 Å². The third-order valence-electron chi connectivity index (χ3n) is 2.67. The molecule has 1 aromatic rings. The smallest absolute Gasteiger partial charge is 0.216 e. The predicted octanol–water partition coefficient (Wildman–Crippen LogP) is 0.559. The number of hydrogen-bond donors (Lipinski definition) is 3. The highest BCUT2D eigenvalue weighted by molar-refractivity contribution is 5.77. The number of hydrogen-bond acceptors (Lipinski definition) is 4. The van der Waals surface area contributed by atoms with E-state index in [4.69, 9.17) is 0 Å². The Kier molecular flexibility index (Phi) is 5.59. The van der Waals surface area contributed by atoms with E-state index in [1.165, 1.54) is 13.0 Å². The van der Waals surface area contributed by atoms with E-state index in [0.717, 1.165) is 12.1 Å². The molecule has 0 aromatic heterocycles. The van der Waals surface area contributed by atoms with Gasteiger partial charge in [-0.1, -0.05) is 0 Å². The van der Waals surface area contributed by atoms with Crippen molar-refractivity contribution in [1.29, 1.82) is 0 Å². The molecule has 2 unspecified atom stereocenters. The summed E-state index contributed by atoms with van der Waals surface area (Å²) in [5, 5.41) is 22.1. The van der Waals surface area contributed by atoms with Crippen molar-refractivity contribution in [3.05, 3.63) is 35.1 Å². The monoisotopic (exact) mass is 269 g/mol. The van der Waals surface area contributed by atoms with Gasteiger partial charge < -0.3 is 15.5 Å². The zero-order chi connectivity index (χ0) is 14.4. The number of carbonyl (C=O) groups excluding carboxylic acids is 2. The van der Waals surface area contributed by atoms with Gasteiger partial charge in [-0.3, -0.25) is 9.59 Å². The van der Waals surface area contributed by atoms with Crippen LogP contribution in [-0.4, -0.2) is 35.1 Å². The number of rotatable bonds is 6. The third-order valence-corrected chi connectivity index (χ3v) is 2.67. The van der Waals surface area contributed by atoms with Gasteiger partial charge in [0.25, 0.3) is 0 Å². The van der Waals surface area contributed by atoms with Crippen LogP contribution in [0.15, 0.2) is 18.2 Å². The number of nitrogens with one attached hydrogen (secondary N) is 1. The number of halogens is 1. The first-order chi connectivity index (χ1) is 8.95. The van der Waals surface area contributed by atoms with Crippen LogP contribution in [0.5, 0.6) is 0 Å². The van der Waals surface area contributed by atoms with Crippen LogP contribution in [0.25, 0.3) is 0 Å². The highest BCUT2D eigenvalue weighted by atomic mass is 19.1. The SMILES string of the molecule is CC(=O)NCCC(O)C(O)c1cc(F)ccc1C=O. The van der Waals surface area contributed by atoms with E-state index in [-0.39, 0.29) is 30.0 Å². The Morgan fingerprint density at radius 1 is 1.47 bits per heavy atom. The van der Waals surface area contributed by atoms with Crippen LogP contribution >= 0.6 is 0 Å². The molecule has 0 aliphatic rings. The van der Waals surface area contributed by atoms with E-state index in [1.807, 2.05) is 0 Å². The fourth-order valence-electron chi connectivity index (χ4n) is 1.67. The standard InChI is InChI=1S/C13H16FNO4/c1-8(17)15-5-4-12(18)13(19)11-6-10(14)3-2-9(11)7-16/h2-3,6-7,12-13,18-19H,4-5H2,1H3,(H,15,17). The maximum Gasteiger partial charge on any atom is 0.216 e. The zero-order valence-corrected chi connectivity index (χ0v) is 10.5. The number of benzene rings is 1. The normalized spacial score (nSPS) is 13.7. The summed E-state index contributed by atoms with van der Waals surface area (Å²) < 4.78 is 13.1. The average molecular weight is 269 g/mol. The first kappa shape index (κ1) is 15.3. The minimum absolute atomic E-state index is 0.0327. The van der Waals surface area contributed by atoms with E-state index in [1.54, 1.807) is 0 Å². The number of aliphatic hydroxyl groups is 2. The maximum absolute atomic E-state index is 13.1. The lowest BCUT2D eigenvalue weighted by molar-refractivity contribution is -0.119. The molecule has 0 aliphatic carbocycles. The summed E-state index contributed by atoms with van der Waals surface area (Å²) in [7, 11) is 0. The summed E-state index contributed by atoms with van der Waals surface area (Å²) in [6.07, 6.45) is -2.01. The Hall–Kier alpha value is -1.79. The van der Waals surface area contributed by atoms with Crippen LogP contribution in [0.1, 0.15) is 35.4 Å². The molecule has 0 aliphatic heterocycles. The molecule has 1 aromatic carbocycles. The van der Waals surface area contributed by atoms with E-state index >= 15 is 0 Å². The van der Waals surface area contributed by atoms with Crippen LogP contribution in [0, 0.1) is 5.82 Å². The molecule has 19 heavy (non-hydrogen) atoms. The minimum Gasteiger partial charge on any atom is -0.390 e. The van der Waals surface area contributed by atoms with Crippen LogP contribution in [0.2, 0.25) is 0 Å². The van der Waals surface area contributed by atoms with Crippen molar-refractivity contribution >= 4 is 12.2 Å². The second kappa shape index (κ2) is 6.96. The summed E-state index contributed by atoms with van der Waals surface area (Å²) in [4.78, 5) is 21.5. The van der Waals surface area contributed by atoms with Crippen molar-refractivity contribution in [2.75, 3.05) is 6.54 Å². The van der Waals surface area contributed by atoms with Gasteiger partial charge in [-0.05, 0) is 30.2 Å². The second-order valence-electron chi connectivity index (χ2n) is 4.17. The van der Waals surface area contributed by atoms with Crippen LogP contribution in [0.3, 0.4) is 0 Å². The highest BCUT2D eigenvalue weighted by Crippen LogP contribution is 2.22. The molecule has 0 heterocycles. The highest BCUT2D eigenvalue weighted by Gasteiger charge is 2.21. The molecule has 1 rings (SSSR count). The minimum atomic E-state index is -1.38. The summed E-state index contributed by atoms with van der Waals surface area (Å²) in [6, 6.07) is 3.35. The van der Waals surface area contributed by atoms with E-state index in [0.29, 0.717) is 6.29 Å². The van der Waals surface area contributed by atoms with Gasteiger partial charge in [-0.15, -0.1) is 0 Å². The van der Waals surface area contributed by atoms with Crippen molar-refractivity contribution in [1.82, 2.24) is 5.32 Å². The fraction of sp³-hybridized carbons (Fsp3) is 0.385. The number of aldehydes is 1. The second-order valence-corrected chi connectivity index (χ2v) is 4.17. The summed E-state index contributed by atoms with van der Waals surface area (Å²) in [5.41, 5.74) is 0.151. The van der Waals surface area contributed by atoms with Crippen molar-refractivity contribution in [3.63, 3.8) is 0 Å². The molecule has 0 bridgehead atoms. The predicted molar refractivity (Wildman–Crippen MR) is 66.1 cm³/mol. The molecule has 0 fully saturated rings. The molecule has 1 amide bonds. The van der Waals surface area contributed by atoms with Gasteiger partial charge in [-0.2, -0.15) is 0 Å². The largest absolute Gasteiger partial charge is 0.390 e. The van der Waals surface area contributed by atoms with Crippen molar-refractivity contribution in [2.24, 2.45) is 0 Å². The molecule has 0 saturated heterocycles. The fourth-order valence-corrected chi connectivity index (χ4v) is 1.67. The van der Waals surface area contributed by atoms with E-state index < -0.39 is 18.0 Å². The summed E-state index contributed by atoms with van der Waals surface area (Å²) in [6.45, 7) is 1.51. The van der Waals surface area contributed by atoms with Gasteiger partial charge in [-0.25, -0.2) is 4.39 Å². The Bertz CT molecular complexity index is 464. The molecule has 5 nitrogen and oxygen atoms in total. The van der Waals surface area contributed by atoms with Crippen LogP contribution in [0.4, 0.5) is 4.39 Å². The molecule has 3 N–H and O–H groups in total. The Morgan fingerprint density at radius 3 is 2.74 bits per heavy atom. The van der Waals surface area contributed by atoms with Gasteiger partial charge in [0.1, 0.15) is 18.2 Å². The molecule has 2 atom stereocenters. The first-order valence-electron chi connectivity index (χ1n) is 5.81. The maximum atomic E-state index is 13.1. The molecule has 0 saturated carbocycles. The molecule has 104 valence electrons. The lowest BCUT2D eigenvalue weighted by Gasteiger charge is -2.19. The summed E-state index contributed by atoms with van der Waals surface area (Å²) in [5.74, 6) is -0.852. The van der Waals surface area contributed by atoms with Gasteiger partial charge in [0.15, 0.2) is 0 Å². The summed E-state index contributed by atoms with van der Waals surface area (Å²) >= 11 is 0. The first-order valence-corrected chi connectivity index (χ1v) is 5.81. The van der Waals surface area contributed by atoms with Gasteiger partial charge >= 0.3 is 0 Å². The molecular weight excluding hydrogens is 253 g/mol. The third kappa shape index (κ3) is 4.42. The van der Waals surface area contributed by atoms with E-state index in [2.05, 4.69) is 5.32 Å². The van der Waals surface area contributed by atoms with Crippen LogP contribution in [-0.2, 0) is 4.79 Å². The molecule has 0 radical (unpaired) electrons. The quantitative estimate of drug-likeness (QED) is 0.658. The Labute approximate surface area is 110 Å². The number of aliphatic hydroxyl groups excluding tert-OH is 2. The van der Waals surface area contributed by atoms with Gasteiger partial charge in [0.2, 0.25) is 5.91 Å². The van der Waals surface area contributed by atoms with Crippen molar-refractivity contribution in [3.8, 4) is 0 Å². The molecule has 0 spiro atoms.